The molecule has 1 aromatic heterocycles. The Labute approximate surface area is 181 Å². The fourth-order valence-corrected chi connectivity index (χ4v) is 4.72. The number of nitrogens with zero attached hydrogens (tertiary/aromatic N) is 1. The number of carbonyl (C=O) groups excluding carboxylic acids is 2. The third kappa shape index (κ3) is 3.43. The topological polar surface area (TPSA) is 57.6 Å². The average Bonchev–Trinajstić information content (AvgIpc) is 3.30. The average molecular weight is 468 g/mol. The van der Waals surface area contributed by atoms with Gasteiger partial charge in [-0.15, -0.1) is 11.3 Å². The van der Waals surface area contributed by atoms with Crippen molar-refractivity contribution in [2.75, 3.05) is 4.90 Å². The largest absolute Gasteiger partial charge is 0.507 e. The Balaban J connectivity index is 1.94. The van der Waals surface area contributed by atoms with Gasteiger partial charge >= 0.3 is 0 Å². The highest BCUT2D eigenvalue weighted by Crippen LogP contribution is 2.44. The van der Waals surface area contributed by atoms with Crippen LogP contribution in [-0.4, -0.2) is 16.8 Å². The number of aryl methyl sites for hydroxylation is 2. The molecule has 146 valence electrons. The molecular formula is C23H18BrNO3S. The van der Waals surface area contributed by atoms with E-state index in [9.17, 15) is 14.7 Å². The van der Waals surface area contributed by atoms with Crippen LogP contribution in [0.4, 0.5) is 5.69 Å². The number of anilines is 1. The molecule has 1 aliphatic rings. The Morgan fingerprint density at radius 2 is 1.79 bits per heavy atom. The van der Waals surface area contributed by atoms with Gasteiger partial charge in [0.25, 0.3) is 11.7 Å². The molecule has 1 aliphatic heterocycles. The van der Waals surface area contributed by atoms with Crippen molar-refractivity contribution in [3.05, 3.63) is 91.6 Å². The molecule has 2 aromatic carbocycles. The maximum absolute atomic E-state index is 13.1. The minimum Gasteiger partial charge on any atom is -0.507 e. The van der Waals surface area contributed by atoms with E-state index < -0.39 is 17.7 Å². The maximum Gasteiger partial charge on any atom is 0.300 e. The van der Waals surface area contributed by atoms with E-state index in [1.54, 1.807) is 24.3 Å². The molecule has 0 radical (unpaired) electrons. The number of thiophene rings is 1. The van der Waals surface area contributed by atoms with Crippen molar-refractivity contribution in [2.45, 2.75) is 19.9 Å². The molecule has 29 heavy (non-hydrogen) atoms. The van der Waals surface area contributed by atoms with Gasteiger partial charge in [0.2, 0.25) is 0 Å². The highest BCUT2D eigenvalue weighted by Gasteiger charge is 2.47. The summed E-state index contributed by atoms with van der Waals surface area (Å²) in [6.45, 7) is 3.90. The fraction of sp³-hybridized carbons (Fsp3) is 0.130. The van der Waals surface area contributed by atoms with Crippen molar-refractivity contribution in [3.8, 4) is 0 Å². The minimum absolute atomic E-state index is 0.111. The van der Waals surface area contributed by atoms with Crippen LogP contribution >= 0.6 is 27.3 Å². The van der Waals surface area contributed by atoms with Crippen LogP contribution in [0.5, 0.6) is 0 Å². The lowest BCUT2D eigenvalue weighted by molar-refractivity contribution is -0.132. The lowest BCUT2D eigenvalue weighted by atomic mass is 9.99. The van der Waals surface area contributed by atoms with E-state index in [0.29, 0.717) is 11.3 Å². The summed E-state index contributed by atoms with van der Waals surface area (Å²) >= 11 is 4.82. The van der Waals surface area contributed by atoms with E-state index >= 15 is 0 Å². The number of rotatable bonds is 3. The molecule has 0 saturated carbocycles. The van der Waals surface area contributed by atoms with Gasteiger partial charge in [-0.3, -0.25) is 14.5 Å². The molecule has 0 bridgehead atoms. The summed E-state index contributed by atoms with van der Waals surface area (Å²) in [6.07, 6.45) is 0. The second-order valence-electron chi connectivity index (χ2n) is 6.98. The smallest absolute Gasteiger partial charge is 0.300 e. The van der Waals surface area contributed by atoms with Crippen molar-refractivity contribution >= 4 is 50.4 Å². The van der Waals surface area contributed by atoms with Gasteiger partial charge in [0, 0.05) is 20.6 Å². The standard InChI is InChI=1S/C23H18BrNO3S/c1-13-5-10-17(14(2)12-13)25-20(18-4-3-11-29-18)19(22(27)23(25)28)21(26)15-6-8-16(24)9-7-15/h3-12,20,26H,1-2H3/b21-19-. The second-order valence-corrected chi connectivity index (χ2v) is 8.88. The van der Waals surface area contributed by atoms with Crippen LogP contribution < -0.4 is 4.90 Å². The van der Waals surface area contributed by atoms with E-state index in [1.807, 2.05) is 49.6 Å². The first-order chi connectivity index (χ1) is 13.9. The van der Waals surface area contributed by atoms with Crippen LogP contribution in [0.15, 0.2) is 70.0 Å². The van der Waals surface area contributed by atoms with Gasteiger partial charge in [0.1, 0.15) is 11.8 Å². The first-order valence-corrected chi connectivity index (χ1v) is 10.7. The summed E-state index contributed by atoms with van der Waals surface area (Å²) in [7, 11) is 0. The number of aliphatic hydroxyl groups excluding tert-OH is 1. The van der Waals surface area contributed by atoms with E-state index in [1.165, 1.54) is 16.2 Å². The summed E-state index contributed by atoms with van der Waals surface area (Å²) in [5.74, 6) is -1.47. The summed E-state index contributed by atoms with van der Waals surface area (Å²) in [5.41, 5.74) is 3.25. The van der Waals surface area contributed by atoms with Crippen LogP contribution in [0.2, 0.25) is 0 Å². The molecular weight excluding hydrogens is 450 g/mol. The molecule has 1 N–H and O–H groups in total. The Morgan fingerprint density at radius 1 is 1.07 bits per heavy atom. The van der Waals surface area contributed by atoms with Crippen molar-refractivity contribution in [2.24, 2.45) is 0 Å². The quantitative estimate of drug-likeness (QED) is 0.302. The zero-order chi connectivity index (χ0) is 20.7. The summed E-state index contributed by atoms with van der Waals surface area (Å²) in [6, 6.07) is 15.9. The summed E-state index contributed by atoms with van der Waals surface area (Å²) in [5, 5.41) is 12.9. The number of halogens is 1. The second kappa shape index (κ2) is 7.61. The van der Waals surface area contributed by atoms with Crippen LogP contribution in [0, 0.1) is 13.8 Å². The van der Waals surface area contributed by atoms with Gasteiger partial charge in [-0.2, -0.15) is 0 Å². The Hall–Kier alpha value is -2.70. The van der Waals surface area contributed by atoms with Crippen LogP contribution in [0.1, 0.15) is 27.6 Å². The molecule has 4 rings (SSSR count). The van der Waals surface area contributed by atoms with Crippen molar-refractivity contribution < 1.29 is 14.7 Å². The van der Waals surface area contributed by atoms with Gasteiger partial charge in [0.05, 0.1) is 5.57 Å². The Morgan fingerprint density at radius 3 is 2.41 bits per heavy atom. The molecule has 0 spiro atoms. The third-order valence-electron chi connectivity index (χ3n) is 4.99. The van der Waals surface area contributed by atoms with E-state index in [0.717, 1.165) is 20.5 Å². The SMILES string of the molecule is Cc1ccc(N2C(=O)C(=O)/C(=C(\O)c3ccc(Br)cc3)C2c2cccs2)c(C)c1. The normalized spacial score (nSPS) is 18.4. The van der Waals surface area contributed by atoms with Gasteiger partial charge in [-0.1, -0.05) is 51.8 Å². The number of benzene rings is 2. The van der Waals surface area contributed by atoms with E-state index in [4.69, 9.17) is 0 Å². The molecule has 4 nitrogen and oxygen atoms in total. The molecule has 1 atom stereocenters. The van der Waals surface area contributed by atoms with Crippen molar-refractivity contribution in [1.82, 2.24) is 0 Å². The number of Topliss-reactive ketones (excluding diaryl/α,β-unsaturated/α-hetero) is 1. The zero-order valence-electron chi connectivity index (χ0n) is 15.8. The Kier molecular flexibility index (Phi) is 5.15. The van der Waals surface area contributed by atoms with Crippen LogP contribution in [-0.2, 0) is 9.59 Å². The first-order valence-electron chi connectivity index (χ1n) is 9.06. The first kappa shape index (κ1) is 19.6. The van der Waals surface area contributed by atoms with Crippen molar-refractivity contribution in [1.29, 1.82) is 0 Å². The summed E-state index contributed by atoms with van der Waals surface area (Å²) < 4.78 is 0.861. The monoisotopic (exact) mass is 467 g/mol. The van der Waals surface area contributed by atoms with Gasteiger partial charge in [0.15, 0.2) is 0 Å². The molecule has 3 aromatic rings. The minimum atomic E-state index is -0.677. The number of amides is 1. The predicted octanol–water partition coefficient (Wildman–Crippen LogP) is 5.75. The van der Waals surface area contributed by atoms with Crippen LogP contribution in [0.25, 0.3) is 5.76 Å². The molecule has 1 fully saturated rings. The van der Waals surface area contributed by atoms with E-state index in [2.05, 4.69) is 15.9 Å². The number of hydrogen-bond acceptors (Lipinski definition) is 4. The molecule has 1 unspecified atom stereocenters. The van der Waals surface area contributed by atoms with E-state index in [-0.39, 0.29) is 11.3 Å². The molecule has 0 aliphatic carbocycles. The molecule has 1 saturated heterocycles. The predicted molar refractivity (Wildman–Crippen MR) is 119 cm³/mol. The van der Waals surface area contributed by atoms with Gasteiger partial charge in [-0.25, -0.2) is 0 Å². The zero-order valence-corrected chi connectivity index (χ0v) is 18.3. The molecule has 6 heteroatoms. The van der Waals surface area contributed by atoms with Crippen LogP contribution in [0.3, 0.4) is 0 Å². The third-order valence-corrected chi connectivity index (χ3v) is 6.44. The maximum atomic E-state index is 13.1. The number of carbonyl (C=O) groups is 2. The van der Waals surface area contributed by atoms with Gasteiger partial charge in [-0.05, 0) is 49.1 Å². The number of aliphatic hydroxyl groups is 1. The lowest BCUT2D eigenvalue weighted by Crippen LogP contribution is -2.29. The highest BCUT2D eigenvalue weighted by atomic mass is 79.9. The molecule has 1 amide bonds. The van der Waals surface area contributed by atoms with Gasteiger partial charge < -0.3 is 5.11 Å². The number of ketones is 1. The fourth-order valence-electron chi connectivity index (χ4n) is 3.64. The van der Waals surface area contributed by atoms with Crippen molar-refractivity contribution in [3.63, 3.8) is 0 Å². The molecule has 2 heterocycles. The lowest BCUT2D eigenvalue weighted by Gasteiger charge is -2.26. The number of hydrogen-bond donors (Lipinski definition) is 1. The Bertz CT molecular complexity index is 1130. The summed E-state index contributed by atoms with van der Waals surface area (Å²) in [4.78, 5) is 28.4. The highest BCUT2D eigenvalue weighted by molar-refractivity contribution is 9.10.